The summed E-state index contributed by atoms with van der Waals surface area (Å²) in [6.07, 6.45) is -0.111. The zero-order chi connectivity index (χ0) is 12.1. The monoisotopic (exact) mass is 227 g/mol. The van der Waals surface area contributed by atoms with Crippen molar-refractivity contribution >= 4 is 5.97 Å². The van der Waals surface area contributed by atoms with E-state index < -0.39 is 22.8 Å². The second-order valence-corrected chi connectivity index (χ2v) is 3.15. The average molecular weight is 227 g/mol. The maximum atomic E-state index is 12.6. The molecule has 6 heteroatoms. The molecule has 0 bridgehead atoms. The third kappa shape index (κ3) is 3.01. The predicted octanol–water partition coefficient (Wildman–Crippen LogP) is 1.19. The normalized spacial score (nSPS) is 11.9. The first-order chi connectivity index (χ1) is 7.54. The van der Waals surface area contributed by atoms with Gasteiger partial charge in [0.1, 0.15) is 5.82 Å². The summed E-state index contributed by atoms with van der Waals surface area (Å²) >= 11 is 0. The summed E-state index contributed by atoms with van der Waals surface area (Å²) in [5.74, 6) is -1.34. The van der Waals surface area contributed by atoms with Crippen molar-refractivity contribution in [2.45, 2.75) is 12.5 Å². The fourth-order valence-electron chi connectivity index (χ4n) is 1.22. The highest BCUT2D eigenvalue weighted by molar-refractivity contribution is 5.74. The highest BCUT2D eigenvalue weighted by atomic mass is 19.1. The van der Waals surface area contributed by atoms with Crippen molar-refractivity contribution in [1.29, 1.82) is 0 Å². The van der Waals surface area contributed by atoms with Gasteiger partial charge >= 0.3 is 12.0 Å². The van der Waals surface area contributed by atoms with Gasteiger partial charge in [0.15, 0.2) is 0 Å². The van der Waals surface area contributed by atoms with E-state index in [0.29, 0.717) is 5.56 Å². The van der Waals surface area contributed by atoms with Crippen LogP contribution in [-0.2, 0) is 16.0 Å². The van der Waals surface area contributed by atoms with Crippen molar-refractivity contribution in [3.05, 3.63) is 45.8 Å². The van der Waals surface area contributed by atoms with Crippen LogP contribution in [-0.4, -0.2) is 24.0 Å². The SMILES string of the molecule is COC(=O)C(Cc1ccc(F)cc1)[N+](=O)[O-]. The number of nitro groups is 1. The standard InChI is InChI=1S/C10H10FNO4/c1-16-10(13)9(12(14)15)6-7-2-4-8(11)5-3-7/h2-5,9H,6H2,1H3. The quantitative estimate of drug-likeness (QED) is 0.440. The van der Waals surface area contributed by atoms with Crippen LogP contribution < -0.4 is 0 Å². The molecule has 1 rings (SSSR count). The first kappa shape index (κ1) is 12.1. The van der Waals surface area contributed by atoms with E-state index in [4.69, 9.17) is 0 Å². The van der Waals surface area contributed by atoms with Crippen LogP contribution in [0.5, 0.6) is 0 Å². The maximum Gasteiger partial charge on any atom is 0.381 e. The van der Waals surface area contributed by atoms with Gasteiger partial charge in [-0.05, 0) is 17.7 Å². The summed E-state index contributed by atoms with van der Waals surface area (Å²) in [7, 11) is 1.09. The Hall–Kier alpha value is -1.98. The molecular formula is C10H10FNO4. The van der Waals surface area contributed by atoms with Gasteiger partial charge in [0.25, 0.3) is 0 Å². The fourth-order valence-corrected chi connectivity index (χ4v) is 1.22. The number of nitrogens with zero attached hydrogens (tertiary/aromatic N) is 1. The number of esters is 1. The average Bonchev–Trinajstić information content (AvgIpc) is 2.27. The number of carbonyl (C=O) groups is 1. The molecule has 0 aliphatic carbocycles. The molecule has 0 radical (unpaired) electrons. The highest BCUT2D eigenvalue weighted by Gasteiger charge is 2.30. The molecule has 0 aliphatic rings. The summed E-state index contributed by atoms with van der Waals surface area (Å²) in [4.78, 5) is 21.0. The van der Waals surface area contributed by atoms with Crippen LogP contribution in [0.25, 0.3) is 0 Å². The lowest BCUT2D eigenvalue weighted by atomic mass is 10.1. The molecule has 0 heterocycles. The number of methoxy groups -OCH3 is 1. The number of ether oxygens (including phenoxy) is 1. The first-order valence-electron chi connectivity index (χ1n) is 4.50. The van der Waals surface area contributed by atoms with Crippen LogP contribution in [0.2, 0.25) is 0 Å². The molecule has 16 heavy (non-hydrogen) atoms. The van der Waals surface area contributed by atoms with Crippen molar-refractivity contribution in [1.82, 2.24) is 0 Å². The Labute approximate surface area is 91.0 Å². The summed E-state index contributed by atoms with van der Waals surface area (Å²) in [6.45, 7) is 0. The molecule has 5 nitrogen and oxygen atoms in total. The van der Waals surface area contributed by atoms with Crippen LogP contribution in [0, 0.1) is 15.9 Å². The minimum Gasteiger partial charge on any atom is -0.464 e. The minimum absolute atomic E-state index is 0.111. The first-order valence-corrected chi connectivity index (χ1v) is 4.50. The second kappa shape index (κ2) is 5.20. The lowest BCUT2D eigenvalue weighted by Gasteiger charge is -2.07. The Morgan fingerprint density at radius 3 is 2.50 bits per heavy atom. The Kier molecular flexibility index (Phi) is 3.93. The molecule has 0 saturated carbocycles. The van der Waals surface area contributed by atoms with E-state index in [9.17, 15) is 19.3 Å². The number of halogens is 1. The van der Waals surface area contributed by atoms with E-state index in [1.54, 1.807) is 0 Å². The maximum absolute atomic E-state index is 12.6. The Morgan fingerprint density at radius 2 is 2.06 bits per heavy atom. The lowest BCUT2D eigenvalue weighted by Crippen LogP contribution is -2.32. The van der Waals surface area contributed by atoms with Crippen LogP contribution in [0.1, 0.15) is 5.56 Å². The zero-order valence-corrected chi connectivity index (χ0v) is 8.55. The number of hydrogen-bond acceptors (Lipinski definition) is 4. The number of carbonyl (C=O) groups excluding carboxylic acids is 1. The molecule has 0 amide bonds. The van der Waals surface area contributed by atoms with E-state index in [2.05, 4.69) is 4.74 Å². The van der Waals surface area contributed by atoms with Gasteiger partial charge in [-0.3, -0.25) is 10.1 Å². The molecule has 1 unspecified atom stereocenters. The van der Waals surface area contributed by atoms with Gasteiger partial charge in [-0.2, -0.15) is 0 Å². The molecule has 0 N–H and O–H groups in total. The van der Waals surface area contributed by atoms with Crippen molar-refractivity contribution in [2.75, 3.05) is 7.11 Å². The van der Waals surface area contributed by atoms with Gasteiger partial charge in [-0.1, -0.05) is 12.1 Å². The van der Waals surface area contributed by atoms with Gasteiger partial charge in [-0.25, -0.2) is 9.18 Å². The van der Waals surface area contributed by atoms with Crippen molar-refractivity contribution in [3.63, 3.8) is 0 Å². The summed E-state index contributed by atoms with van der Waals surface area (Å²) < 4.78 is 16.9. The van der Waals surface area contributed by atoms with E-state index in [1.807, 2.05) is 0 Å². The molecule has 1 aromatic carbocycles. The highest BCUT2D eigenvalue weighted by Crippen LogP contribution is 2.08. The van der Waals surface area contributed by atoms with E-state index >= 15 is 0 Å². The van der Waals surface area contributed by atoms with Crippen LogP contribution in [0.4, 0.5) is 4.39 Å². The van der Waals surface area contributed by atoms with Crippen LogP contribution >= 0.6 is 0 Å². The molecule has 1 aromatic rings. The second-order valence-electron chi connectivity index (χ2n) is 3.15. The third-order valence-electron chi connectivity index (χ3n) is 2.07. The number of hydrogen-bond donors (Lipinski definition) is 0. The molecule has 86 valence electrons. The largest absolute Gasteiger partial charge is 0.464 e. The molecular weight excluding hydrogens is 217 g/mol. The van der Waals surface area contributed by atoms with E-state index in [0.717, 1.165) is 7.11 Å². The van der Waals surface area contributed by atoms with E-state index in [1.165, 1.54) is 24.3 Å². The predicted molar refractivity (Wildman–Crippen MR) is 52.9 cm³/mol. The fraction of sp³-hybridized carbons (Fsp3) is 0.300. The Morgan fingerprint density at radius 1 is 1.50 bits per heavy atom. The molecule has 0 saturated heterocycles. The van der Waals surface area contributed by atoms with Gasteiger partial charge < -0.3 is 4.74 Å². The van der Waals surface area contributed by atoms with E-state index in [-0.39, 0.29) is 6.42 Å². The molecule has 0 aliphatic heterocycles. The summed E-state index contributed by atoms with van der Waals surface area (Å²) in [5, 5.41) is 10.6. The topological polar surface area (TPSA) is 69.4 Å². The third-order valence-corrected chi connectivity index (χ3v) is 2.07. The van der Waals surface area contributed by atoms with Crippen LogP contribution in [0.15, 0.2) is 24.3 Å². The smallest absolute Gasteiger partial charge is 0.381 e. The lowest BCUT2D eigenvalue weighted by molar-refractivity contribution is -0.509. The van der Waals surface area contributed by atoms with Gasteiger partial charge in [0, 0.05) is 4.92 Å². The molecule has 0 aromatic heterocycles. The Bertz CT molecular complexity index is 390. The molecule has 0 spiro atoms. The van der Waals surface area contributed by atoms with Crippen molar-refractivity contribution < 1.29 is 18.8 Å². The van der Waals surface area contributed by atoms with Gasteiger partial charge in [0.05, 0.1) is 13.5 Å². The summed E-state index contributed by atoms with van der Waals surface area (Å²) in [6, 6.07) is 3.71. The minimum atomic E-state index is -1.45. The van der Waals surface area contributed by atoms with Gasteiger partial charge in [0.2, 0.25) is 0 Å². The summed E-state index contributed by atoms with van der Waals surface area (Å²) in [5.41, 5.74) is 0.508. The van der Waals surface area contributed by atoms with Crippen molar-refractivity contribution in [2.24, 2.45) is 0 Å². The Balaban J connectivity index is 2.80. The molecule has 1 atom stereocenters. The molecule has 0 fully saturated rings. The zero-order valence-electron chi connectivity index (χ0n) is 8.55. The number of benzene rings is 1. The van der Waals surface area contributed by atoms with Gasteiger partial charge in [-0.15, -0.1) is 0 Å². The van der Waals surface area contributed by atoms with Crippen molar-refractivity contribution in [3.8, 4) is 0 Å². The number of rotatable bonds is 4. The van der Waals surface area contributed by atoms with Crippen LogP contribution in [0.3, 0.4) is 0 Å².